The highest BCUT2D eigenvalue weighted by Crippen LogP contribution is 2.24. The van der Waals surface area contributed by atoms with Crippen molar-refractivity contribution in [3.05, 3.63) is 71.1 Å². The van der Waals surface area contributed by atoms with Crippen LogP contribution in [0.5, 0.6) is 5.75 Å². The van der Waals surface area contributed by atoms with Gasteiger partial charge in [-0.3, -0.25) is 9.69 Å². The number of benzene rings is 2. The van der Waals surface area contributed by atoms with E-state index in [1.165, 1.54) is 5.56 Å². The molecule has 7 nitrogen and oxygen atoms in total. The van der Waals surface area contributed by atoms with Crippen molar-refractivity contribution >= 4 is 5.97 Å². The molecule has 0 unspecified atom stereocenters. The van der Waals surface area contributed by atoms with Crippen molar-refractivity contribution < 1.29 is 23.8 Å². The first kappa shape index (κ1) is 21.1. The largest absolute Gasteiger partial charge is 0.487 e. The fraction of sp³-hybridized carbons (Fsp3) is 0.333. The molecule has 0 radical (unpaired) electrons. The van der Waals surface area contributed by atoms with E-state index in [1.807, 2.05) is 67.3 Å². The quantitative estimate of drug-likeness (QED) is 0.619. The Labute approximate surface area is 181 Å². The molecule has 7 heteroatoms. The number of rotatable bonds is 7. The lowest BCUT2D eigenvalue weighted by Crippen LogP contribution is -2.49. The summed E-state index contributed by atoms with van der Waals surface area (Å²) in [4.78, 5) is 18.0. The number of aromatic nitrogens is 1. The van der Waals surface area contributed by atoms with E-state index >= 15 is 0 Å². The Bertz CT molecular complexity index is 1040. The van der Waals surface area contributed by atoms with Crippen LogP contribution < -0.4 is 4.74 Å². The van der Waals surface area contributed by atoms with Crippen LogP contribution >= 0.6 is 0 Å². The fourth-order valence-corrected chi connectivity index (χ4v) is 3.56. The molecule has 0 bridgehead atoms. The van der Waals surface area contributed by atoms with E-state index in [9.17, 15) is 9.90 Å². The van der Waals surface area contributed by atoms with Crippen LogP contribution in [0.4, 0.5) is 0 Å². The molecule has 1 fully saturated rings. The Hall–Kier alpha value is -3.16. The van der Waals surface area contributed by atoms with Crippen molar-refractivity contribution in [2.24, 2.45) is 0 Å². The van der Waals surface area contributed by atoms with Crippen LogP contribution in [-0.2, 0) is 22.7 Å². The second-order valence-electron chi connectivity index (χ2n) is 7.72. The summed E-state index contributed by atoms with van der Waals surface area (Å²) < 4.78 is 17.1. The summed E-state index contributed by atoms with van der Waals surface area (Å²) in [5.74, 6) is 1.15. The molecule has 2 aromatic carbocycles. The Morgan fingerprint density at radius 2 is 2.03 bits per heavy atom. The average molecular weight is 422 g/mol. The lowest BCUT2D eigenvalue weighted by atomic mass is 10.1. The van der Waals surface area contributed by atoms with Gasteiger partial charge in [-0.1, -0.05) is 29.8 Å². The maximum atomic E-state index is 11.5. The molecule has 1 aliphatic heterocycles. The van der Waals surface area contributed by atoms with Gasteiger partial charge in [-0.25, -0.2) is 4.98 Å². The predicted molar refractivity (Wildman–Crippen MR) is 115 cm³/mol. The summed E-state index contributed by atoms with van der Waals surface area (Å²) >= 11 is 0. The van der Waals surface area contributed by atoms with Crippen molar-refractivity contribution in [3.8, 4) is 17.2 Å². The highest BCUT2D eigenvalue weighted by molar-refractivity contribution is 5.73. The summed E-state index contributed by atoms with van der Waals surface area (Å²) in [6.07, 6.45) is 0. The molecule has 3 aromatic rings. The number of nitrogens with zero attached hydrogens (tertiary/aromatic N) is 2. The lowest BCUT2D eigenvalue weighted by molar-refractivity contribution is -0.150. The van der Waals surface area contributed by atoms with Crippen LogP contribution in [0.1, 0.15) is 22.6 Å². The minimum absolute atomic E-state index is 0.209. The lowest BCUT2D eigenvalue weighted by Gasteiger charge is -2.32. The average Bonchev–Trinajstić information content (AvgIpc) is 3.14. The normalized spacial score (nSPS) is 16.9. The molecule has 162 valence electrons. The number of aryl methyl sites for hydroxylation is 2. The van der Waals surface area contributed by atoms with E-state index in [2.05, 4.69) is 4.98 Å². The summed E-state index contributed by atoms with van der Waals surface area (Å²) in [6.45, 7) is 6.07. The summed E-state index contributed by atoms with van der Waals surface area (Å²) in [5.41, 5.74) is 3.85. The third kappa shape index (κ3) is 5.13. The molecule has 4 rings (SSSR count). The van der Waals surface area contributed by atoms with Gasteiger partial charge >= 0.3 is 5.97 Å². The Morgan fingerprint density at radius 1 is 1.23 bits per heavy atom. The summed E-state index contributed by atoms with van der Waals surface area (Å²) in [5, 5.41) is 9.41. The molecule has 0 saturated carbocycles. The Kier molecular flexibility index (Phi) is 6.34. The monoisotopic (exact) mass is 422 g/mol. The first-order valence-corrected chi connectivity index (χ1v) is 10.3. The predicted octanol–water partition coefficient (Wildman–Crippen LogP) is 3.82. The molecule has 0 spiro atoms. The number of carboxylic acids is 1. The Morgan fingerprint density at radius 3 is 2.81 bits per heavy atom. The maximum absolute atomic E-state index is 11.5. The minimum Gasteiger partial charge on any atom is -0.487 e. The topological polar surface area (TPSA) is 85.0 Å². The number of oxazole rings is 1. The zero-order valence-electron chi connectivity index (χ0n) is 17.7. The number of hydrogen-bond acceptors (Lipinski definition) is 6. The smallest absolute Gasteiger partial charge is 0.323 e. The van der Waals surface area contributed by atoms with Gasteiger partial charge in [0.1, 0.15) is 29.9 Å². The minimum atomic E-state index is -0.863. The van der Waals surface area contributed by atoms with Crippen molar-refractivity contribution in [2.45, 2.75) is 33.0 Å². The number of carboxylic acid groups (broad SMARTS) is 1. The maximum Gasteiger partial charge on any atom is 0.323 e. The molecule has 1 aliphatic rings. The van der Waals surface area contributed by atoms with E-state index in [0.717, 1.165) is 22.6 Å². The van der Waals surface area contributed by atoms with Gasteiger partial charge in [0.25, 0.3) is 0 Å². The van der Waals surface area contributed by atoms with E-state index in [1.54, 1.807) is 0 Å². The molecule has 2 heterocycles. The van der Waals surface area contributed by atoms with E-state index in [4.69, 9.17) is 13.9 Å². The van der Waals surface area contributed by atoms with Gasteiger partial charge in [0.05, 0.1) is 13.2 Å². The van der Waals surface area contributed by atoms with E-state index in [-0.39, 0.29) is 6.61 Å². The van der Waals surface area contributed by atoms with Gasteiger partial charge in [0, 0.05) is 18.7 Å². The van der Waals surface area contributed by atoms with E-state index in [0.29, 0.717) is 37.9 Å². The molecule has 0 amide bonds. The van der Waals surface area contributed by atoms with Gasteiger partial charge in [-0.2, -0.15) is 0 Å². The molecular weight excluding hydrogens is 396 g/mol. The van der Waals surface area contributed by atoms with Crippen LogP contribution in [0.2, 0.25) is 0 Å². The SMILES string of the molecule is Cc1ccc(-c2nc(COc3cccc(CN4CCOC[C@H]4C(=O)O)c3)c(C)o2)cc1. The fourth-order valence-electron chi connectivity index (χ4n) is 3.56. The van der Waals surface area contributed by atoms with Gasteiger partial charge in [-0.15, -0.1) is 0 Å². The molecule has 0 aliphatic carbocycles. The third-order valence-electron chi connectivity index (χ3n) is 5.38. The number of aliphatic carboxylic acids is 1. The molecular formula is C24H26N2O5. The highest BCUT2D eigenvalue weighted by atomic mass is 16.5. The number of morpholine rings is 1. The molecule has 1 atom stereocenters. The van der Waals surface area contributed by atoms with Crippen molar-refractivity contribution in [1.29, 1.82) is 0 Å². The van der Waals surface area contributed by atoms with Gasteiger partial charge in [0.15, 0.2) is 0 Å². The summed E-state index contributed by atoms with van der Waals surface area (Å²) in [6, 6.07) is 15.1. The van der Waals surface area contributed by atoms with Crippen molar-refractivity contribution in [1.82, 2.24) is 9.88 Å². The van der Waals surface area contributed by atoms with Gasteiger partial charge in [-0.05, 0) is 43.7 Å². The second-order valence-corrected chi connectivity index (χ2v) is 7.72. The zero-order chi connectivity index (χ0) is 21.8. The van der Waals surface area contributed by atoms with Crippen LogP contribution in [-0.4, -0.2) is 46.8 Å². The van der Waals surface area contributed by atoms with Crippen LogP contribution in [0.3, 0.4) is 0 Å². The second kappa shape index (κ2) is 9.32. The summed E-state index contributed by atoms with van der Waals surface area (Å²) in [7, 11) is 0. The molecule has 1 aromatic heterocycles. The van der Waals surface area contributed by atoms with Gasteiger partial charge in [0.2, 0.25) is 5.89 Å². The highest BCUT2D eigenvalue weighted by Gasteiger charge is 2.29. The first-order chi connectivity index (χ1) is 15.0. The third-order valence-corrected chi connectivity index (χ3v) is 5.38. The van der Waals surface area contributed by atoms with E-state index < -0.39 is 12.0 Å². The first-order valence-electron chi connectivity index (χ1n) is 10.3. The molecule has 31 heavy (non-hydrogen) atoms. The standard InChI is InChI=1S/C24H26N2O5/c1-16-6-8-19(9-7-16)23-25-21(17(2)31-23)14-30-20-5-3-4-18(12-20)13-26-10-11-29-15-22(26)24(27)28/h3-9,12,22H,10-11,13-15H2,1-2H3,(H,27,28)/t22-/m0/s1. The van der Waals surface area contributed by atoms with Crippen LogP contribution in [0.25, 0.3) is 11.5 Å². The molecule has 1 N–H and O–H groups in total. The number of carbonyl (C=O) groups is 1. The zero-order valence-corrected chi connectivity index (χ0v) is 17.7. The van der Waals surface area contributed by atoms with Crippen molar-refractivity contribution in [2.75, 3.05) is 19.8 Å². The van der Waals surface area contributed by atoms with Gasteiger partial charge < -0.3 is 19.0 Å². The van der Waals surface area contributed by atoms with Crippen molar-refractivity contribution in [3.63, 3.8) is 0 Å². The van der Waals surface area contributed by atoms with Crippen LogP contribution in [0.15, 0.2) is 52.9 Å². The van der Waals surface area contributed by atoms with Crippen LogP contribution in [0, 0.1) is 13.8 Å². The number of ether oxygens (including phenoxy) is 2. The molecule has 1 saturated heterocycles. The Balaban J connectivity index is 1.41. The number of hydrogen-bond donors (Lipinski definition) is 1.